The highest BCUT2D eigenvalue weighted by molar-refractivity contribution is 7.89. The first kappa shape index (κ1) is 13.6. The van der Waals surface area contributed by atoms with Crippen LogP contribution < -0.4 is 4.72 Å². The van der Waals surface area contributed by atoms with Gasteiger partial charge in [-0.25, -0.2) is 21.9 Å². The second-order valence-corrected chi connectivity index (χ2v) is 5.49. The number of benzene rings is 1. The van der Waals surface area contributed by atoms with E-state index in [1.165, 1.54) is 6.20 Å². The minimum atomic E-state index is -3.89. The van der Waals surface area contributed by atoms with Gasteiger partial charge < -0.3 is 0 Å². The summed E-state index contributed by atoms with van der Waals surface area (Å²) in [6.45, 7) is -0.0256. The average Bonchev–Trinajstić information content (AvgIpc) is 2.41. The van der Waals surface area contributed by atoms with Gasteiger partial charge in [0.1, 0.15) is 0 Å². The number of aromatic nitrogens is 1. The maximum Gasteiger partial charge on any atom is 0.241 e. The highest BCUT2D eigenvalue weighted by Crippen LogP contribution is 2.13. The molecule has 0 saturated carbocycles. The zero-order valence-corrected chi connectivity index (χ0v) is 10.5. The lowest BCUT2D eigenvalue weighted by atomic mass is 10.3. The lowest BCUT2D eigenvalue weighted by molar-refractivity contribution is 0.504. The number of nitrogens with one attached hydrogen (secondary N) is 1. The third-order valence-electron chi connectivity index (χ3n) is 2.37. The van der Waals surface area contributed by atoms with E-state index in [0.29, 0.717) is 11.8 Å². The van der Waals surface area contributed by atoms with Crippen molar-refractivity contribution in [2.24, 2.45) is 0 Å². The summed E-state index contributed by atoms with van der Waals surface area (Å²) in [6, 6.07) is 7.47. The predicted octanol–water partition coefficient (Wildman–Crippen LogP) is 1.84. The van der Waals surface area contributed by atoms with Crippen LogP contribution in [-0.4, -0.2) is 13.4 Å². The second-order valence-electron chi connectivity index (χ2n) is 3.72. The number of halogens is 2. The van der Waals surface area contributed by atoms with Gasteiger partial charge in [0.05, 0.1) is 17.1 Å². The molecule has 0 radical (unpaired) electrons. The van der Waals surface area contributed by atoms with Crippen molar-refractivity contribution < 1.29 is 17.2 Å². The molecule has 19 heavy (non-hydrogen) atoms. The zero-order chi connectivity index (χ0) is 13.9. The molecule has 1 aromatic heterocycles. The second kappa shape index (κ2) is 5.41. The summed E-state index contributed by atoms with van der Waals surface area (Å²) in [5.41, 5.74) is 0.522. The third kappa shape index (κ3) is 3.33. The number of nitrogens with zero attached hydrogens (tertiary/aromatic N) is 1. The lowest BCUT2D eigenvalue weighted by Crippen LogP contribution is -2.23. The summed E-state index contributed by atoms with van der Waals surface area (Å²) >= 11 is 0. The van der Waals surface area contributed by atoms with Crippen molar-refractivity contribution in [1.82, 2.24) is 9.71 Å². The SMILES string of the molecule is O=S(=O)(NCc1ccccn1)c1ccc(F)c(F)c1. The van der Waals surface area contributed by atoms with Gasteiger partial charge in [0, 0.05) is 6.20 Å². The van der Waals surface area contributed by atoms with Gasteiger partial charge >= 0.3 is 0 Å². The van der Waals surface area contributed by atoms with Crippen molar-refractivity contribution in [2.45, 2.75) is 11.4 Å². The van der Waals surface area contributed by atoms with Crippen LogP contribution >= 0.6 is 0 Å². The summed E-state index contributed by atoms with van der Waals surface area (Å²) < 4.78 is 51.7. The molecule has 1 heterocycles. The van der Waals surface area contributed by atoms with Crippen LogP contribution in [0.5, 0.6) is 0 Å². The van der Waals surface area contributed by atoms with Crippen LogP contribution in [0, 0.1) is 11.6 Å². The maximum atomic E-state index is 13.0. The van der Waals surface area contributed by atoms with Crippen LogP contribution in [0.4, 0.5) is 8.78 Å². The van der Waals surface area contributed by atoms with Gasteiger partial charge in [0.25, 0.3) is 0 Å². The van der Waals surface area contributed by atoms with Crippen LogP contribution in [0.15, 0.2) is 47.5 Å². The van der Waals surface area contributed by atoms with Crippen molar-refractivity contribution >= 4 is 10.0 Å². The Labute approximate surface area is 109 Å². The monoisotopic (exact) mass is 284 g/mol. The van der Waals surface area contributed by atoms with Gasteiger partial charge in [0.15, 0.2) is 11.6 Å². The fourth-order valence-electron chi connectivity index (χ4n) is 1.40. The normalized spacial score (nSPS) is 11.5. The van der Waals surface area contributed by atoms with E-state index in [2.05, 4.69) is 9.71 Å². The first-order chi connectivity index (χ1) is 8.99. The van der Waals surface area contributed by atoms with Crippen molar-refractivity contribution in [3.63, 3.8) is 0 Å². The molecule has 0 atom stereocenters. The number of rotatable bonds is 4. The maximum absolute atomic E-state index is 13.0. The van der Waals surface area contributed by atoms with Crippen LogP contribution in [0.1, 0.15) is 5.69 Å². The molecule has 0 spiro atoms. The molecule has 0 aliphatic carbocycles. The molecule has 0 fully saturated rings. The largest absolute Gasteiger partial charge is 0.260 e. The molecule has 0 unspecified atom stereocenters. The van der Waals surface area contributed by atoms with E-state index in [1.54, 1.807) is 18.2 Å². The number of sulfonamides is 1. The van der Waals surface area contributed by atoms with Crippen LogP contribution in [0.3, 0.4) is 0 Å². The minimum Gasteiger partial charge on any atom is -0.260 e. The first-order valence-corrected chi connectivity index (χ1v) is 6.82. The zero-order valence-electron chi connectivity index (χ0n) is 9.68. The molecule has 7 heteroatoms. The van der Waals surface area contributed by atoms with Gasteiger partial charge in [-0.05, 0) is 30.3 Å². The highest BCUT2D eigenvalue weighted by atomic mass is 32.2. The summed E-state index contributed by atoms with van der Waals surface area (Å²) in [6.07, 6.45) is 1.53. The molecule has 0 amide bonds. The Morgan fingerprint density at radius 3 is 2.53 bits per heavy atom. The third-order valence-corrected chi connectivity index (χ3v) is 3.77. The minimum absolute atomic E-state index is 0.0256. The van der Waals surface area contributed by atoms with Crippen molar-refractivity contribution in [3.05, 3.63) is 59.9 Å². The fraction of sp³-hybridized carbons (Fsp3) is 0.0833. The summed E-state index contributed by atoms with van der Waals surface area (Å²) in [5.74, 6) is -2.30. The van der Waals surface area contributed by atoms with Crippen LogP contribution in [0.2, 0.25) is 0 Å². The molecule has 2 aromatic rings. The lowest BCUT2D eigenvalue weighted by Gasteiger charge is -2.06. The summed E-state index contributed by atoms with van der Waals surface area (Å²) in [5, 5.41) is 0. The van der Waals surface area contributed by atoms with E-state index in [0.717, 1.165) is 12.1 Å². The fourth-order valence-corrected chi connectivity index (χ4v) is 2.41. The predicted molar refractivity (Wildman–Crippen MR) is 64.6 cm³/mol. The molecular weight excluding hydrogens is 274 g/mol. The topological polar surface area (TPSA) is 59.1 Å². The molecule has 100 valence electrons. The summed E-state index contributed by atoms with van der Waals surface area (Å²) in [4.78, 5) is 3.61. The Kier molecular flexibility index (Phi) is 3.87. The van der Waals surface area contributed by atoms with Crippen LogP contribution in [-0.2, 0) is 16.6 Å². The van der Waals surface area contributed by atoms with Crippen molar-refractivity contribution in [3.8, 4) is 0 Å². The van der Waals surface area contributed by atoms with Gasteiger partial charge in [-0.15, -0.1) is 0 Å². The van der Waals surface area contributed by atoms with Gasteiger partial charge in [-0.1, -0.05) is 6.07 Å². The number of hydrogen-bond donors (Lipinski definition) is 1. The molecule has 0 aliphatic rings. The number of pyridine rings is 1. The number of hydrogen-bond acceptors (Lipinski definition) is 3. The van der Waals surface area contributed by atoms with E-state index in [9.17, 15) is 17.2 Å². The molecule has 1 N–H and O–H groups in total. The molecule has 0 saturated heterocycles. The first-order valence-electron chi connectivity index (χ1n) is 5.34. The van der Waals surface area contributed by atoms with Crippen molar-refractivity contribution in [1.29, 1.82) is 0 Å². The Morgan fingerprint density at radius 1 is 1.11 bits per heavy atom. The molecule has 0 bridgehead atoms. The Hall–Kier alpha value is -1.86. The van der Waals surface area contributed by atoms with E-state index in [4.69, 9.17) is 0 Å². The summed E-state index contributed by atoms with van der Waals surface area (Å²) in [7, 11) is -3.89. The average molecular weight is 284 g/mol. The molecular formula is C12H10F2N2O2S. The van der Waals surface area contributed by atoms with Gasteiger partial charge in [-0.2, -0.15) is 0 Å². The molecule has 1 aromatic carbocycles. The van der Waals surface area contributed by atoms with E-state index in [-0.39, 0.29) is 11.4 Å². The van der Waals surface area contributed by atoms with E-state index < -0.39 is 21.7 Å². The smallest absolute Gasteiger partial charge is 0.241 e. The Bertz CT molecular complexity index is 675. The van der Waals surface area contributed by atoms with Crippen molar-refractivity contribution in [2.75, 3.05) is 0 Å². The molecule has 0 aliphatic heterocycles. The Balaban J connectivity index is 2.16. The standard InChI is InChI=1S/C12H10F2N2O2S/c13-11-5-4-10(7-12(11)14)19(17,18)16-8-9-3-1-2-6-15-9/h1-7,16H,8H2. The molecule has 2 rings (SSSR count). The quantitative estimate of drug-likeness (QED) is 0.932. The van der Waals surface area contributed by atoms with E-state index >= 15 is 0 Å². The molecule has 4 nitrogen and oxygen atoms in total. The van der Waals surface area contributed by atoms with Gasteiger partial charge in [-0.3, -0.25) is 4.98 Å². The van der Waals surface area contributed by atoms with Gasteiger partial charge in [0.2, 0.25) is 10.0 Å². The van der Waals surface area contributed by atoms with Crippen LogP contribution in [0.25, 0.3) is 0 Å². The van der Waals surface area contributed by atoms with E-state index in [1.807, 2.05) is 0 Å². The Morgan fingerprint density at radius 2 is 1.89 bits per heavy atom. The highest BCUT2D eigenvalue weighted by Gasteiger charge is 2.16.